The minimum absolute atomic E-state index is 0.0676. The number of rotatable bonds is 3. The van der Waals surface area contributed by atoms with Gasteiger partial charge in [-0.25, -0.2) is 12.8 Å². The summed E-state index contributed by atoms with van der Waals surface area (Å²) >= 11 is 11.4. The minimum atomic E-state index is -4.01. The van der Waals surface area contributed by atoms with Gasteiger partial charge in [0.2, 0.25) is 0 Å². The van der Waals surface area contributed by atoms with E-state index in [1.54, 1.807) is 0 Å². The lowest BCUT2D eigenvalue weighted by Crippen LogP contribution is -2.13. The number of aromatic hydroxyl groups is 1. The van der Waals surface area contributed by atoms with E-state index >= 15 is 0 Å². The van der Waals surface area contributed by atoms with Gasteiger partial charge in [-0.05, 0) is 30.3 Å². The van der Waals surface area contributed by atoms with E-state index in [0.717, 1.165) is 24.3 Å². The second-order valence-electron chi connectivity index (χ2n) is 3.84. The SMILES string of the molecule is O=S(=O)(Nc1cc(F)ccc1O)c1ccc(Cl)c(Cl)c1. The fraction of sp³-hybridized carbons (Fsp3) is 0. The molecule has 2 aromatic carbocycles. The zero-order chi connectivity index (χ0) is 14.9. The Balaban J connectivity index is 2.40. The first-order chi connectivity index (χ1) is 9.29. The third-order valence-electron chi connectivity index (χ3n) is 2.40. The van der Waals surface area contributed by atoms with Gasteiger partial charge >= 0.3 is 0 Å². The average molecular weight is 336 g/mol. The molecule has 4 nitrogen and oxygen atoms in total. The normalized spacial score (nSPS) is 11.3. The third-order valence-corrected chi connectivity index (χ3v) is 4.51. The Hall–Kier alpha value is -1.50. The molecule has 0 atom stereocenters. The maximum absolute atomic E-state index is 13.1. The molecule has 0 unspecified atom stereocenters. The molecule has 0 radical (unpaired) electrons. The zero-order valence-electron chi connectivity index (χ0n) is 9.77. The summed E-state index contributed by atoms with van der Waals surface area (Å²) in [6, 6.07) is 6.64. The first kappa shape index (κ1) is 14.9. The molecule has 0 aromatic heterocycles. The van der Waals surface area contributed by atoms with E-state index in [2.05, 4.69) is 4.72 Å². The van der Waals surface area contributed by atoms with E-state index in [-0.39, 0.29) is 20.6 Å². The summed E-state index contributed by atoms with van der Waals surface area (Å²) in [5, 5.41) is 9.78. The standard InChI is InChI=1S/C12H8Cl2FNO3S/c13-9-3-2-8(6-10(9)14)20(18,19)16-11-5-7(15)1-4-12(11)17/h1-6,16-17H. The summed E-state index contributed by atoms with van der Waals surface area (Å²) in [6.45, 7) is 0. The number of anilines is 1. The Labute approximate surface area is 124 Å². The van der Waals surface area contributed by atoms with E-state index in [0.29, 0.717) is 0 Å². The molecular weight excluding hydrogens is 328 g/mol. The van der Waals surface area contributed by atoms with Crippen molar-refractivity contribution in [2.75, 3.05) is 4.72 Å². The summed E-state index contributed by atoms with van der Waals surface area (Å²) in [7, 11) is -4.01. The summed E-state index contributed by atoms with van der Waals surface area (Å²) in [5.41, 5.74) is -0.268. The highest BCUT2D eigenvalue weighted by Crippen LogP contribution is 2.29. The predicted octanol–water partition coefficient (Wildman–Crippen LogP) is 3.64. The summed E-state index contributed by atoms with van der Waals surface area (Å²) in [5.74, 6) is -1.08. The molecule has 0 aliphatic rings. The quantitative estimate of drug-likeness (QED) is 0.841. The molecule has 106 valence electrons. The lowest BCUT2D eigenvalue weighted by atomic mass is 10.3. The molecular formula is C12H8Cl2FNO3S. The van der Waals surface area contributed by atoms with Crippen LogP contribution in [0.25, 0.3) is 0 Å². The van der Waals surface area contributed by atoms with Crippen LogP contribution in [-0.4, -0.2) is 13.5 Å². The van der Waals surface area contributed by atoms with Crippen molar-refractivity contribution in [2.45, 2.75) is 4.90 Å². The van der Waals surface area contributed by atoms with Crippen LogP contribution in [0.3, 0.4) is 0 Å². The fourth-order valence-corrected chi connectivity index (χ4v) is 2.89. The maximum atomic E-state index is 13.1. The average Bonchev–Trinajstić information content (AvgIpc) is 2.36. The van der Waals surface area contributed by atoms with Crippen LogP contribution in [0, 0.1) is 5.82 Å². The smallest absolute Gasteiger partial charge is 0.262 e. The van der Waals surface area contributed by atoms with E-state index in [1.807, 2.05) is 0 Å². The molecule has 0 aliphatic carbocycles. The molecule has 2 N–H and O–H groups in total. The van der Waals surface area contributed by atoms with Gasteiger partial charge in [-0.15, -0.1) is 0 Å². The number of halogens is 3. The topological polar surface area (TPSA) is 66.4 Å². The summed E-state index contributed by atoms with van der Waals surface area (Å²) in [4.78, 5) is -0.157. The van der Waals surface area contributed by atoms with Gasteiger partial charge in [-0.2, -0.15) is 0 Å². The third kappa shape index (κ3) is 3.15. The second-order valence-corrected chi connectivity index (χ2v) is 6.34. The van der Waals surface area contributed by atoms with Crippen LogP contribution < -0.4 is 4.72 Å². The molecule has 0 bridgehead atoms. The Bertz CT molecular complexity index is 765. The molecule has 0 saturated carbocycles. The highest BCUT2D eigenvalue weighted by atomic mass is 35.5. The van der Waals surface area contributed by atoms with Crippen molar-refractivity contribution in [3.63, 3.8) is 0 Å². The van der Waals surface area contributed by atoms with E-state index in [4.69, 9.17) is 23.2 Å². The highest BCUT2D eigenvalue weighted by Gasteiger charge is 2.17. The van der Waals surface area contributed by atoms with Gasteiger partial charge in [-0.1, -0.05) is 23.2 Å². The Morgan fingerprint density at radius 2 is 1.75 bits per heavy atom. The number of nitrogens with one attached hydrogen (secondary N) is 1. The van der Waals surface area contributed by atoms with Crippen LogP contribution >= 0.6 is 23.2 Å². The van der Waals surface area contributed by atoms with Gasteiger partial charge in [0, 0.05) is 6.07 Å². The number of phenols is 1. The monoisotopic (exact) mass is 335 g/mol. The molecule has 0 saturated heterocycles. The maximum Gasteiger partial charge on any atom is 0.262 e. The Morgan fingerprint density at radius 3 is 2.40 bits per heavy atom. The van der Waals surface area contributed by atoms with Crippen LogP contribution in [0.2, 0.25) is 10.0 Å². The molecule has 2 rings (SSSR count). The zero-order valence-corrected chi connectivity index (χ0v) is 12.1. The number of sulfonamides is 1. The molecule has 0 fully saturated rings. The van der Waals surface area contributed by atoms with Gasteiger partial charge in [-0.3, -0.25) is 4.72 Å². The van der Waals surface area contributed by atoms with Gasteiger partial charge < -0.3 is 5.11 Å². The fourth-order valence-electron chi connectivity index (χ4n) is 1.44. The first-order valence-corrected chi connectivity index (χ1v) is 7.50. The number of hydrogen-bond acceptors (Lipinski definition) is 3. The van der Waals surface area contributed by atoms with E-state index in [1.165, 1.54) is 12.1 Å². The van der Waals surface area contributed by atoms with Crippen molar-refractivity contribution < 1.29 is 17.9 Å². The van der Waals surface area contributed by atoms with Crippen molar-refractivity contribution in [1.82, 2.24) is 0 Å². The first-order valence-electron chi connectivity index (χ1n) is 5.26. The van der Waals surface area contributed by atoms with Crippen molar-refractivity contribution in [3.05, 3.63) is 52.3 Å². The summed E-state index contributed by atoms with van der Waals surface area (Å²) < 4.78 is 39.3. The van der Waals surface area contributed by atoms with Crippen molar-refractivity contribution in [2.24, 2.45) is 0 Å². The molecule has 20 heavy (non-hydrogen) atoms. The van der Waals surface area contributed by atoms with Gasteiger partial charge in [0.05, 0.1) is 20.6 Å². The number of benzene rings is 2. The van der Waals surface area contributed by atoms with E-state index < -0.39 is 21.6 Å². The van der Waals surface area contributed by atoms with Crippen molar-refractivity contribution in [1.29, 1.82) is 0 Å². The largest absolute Gasteiger partial charge is 0.506 e. The summed E-state index contributed by atoms with van der Waals surface area (Å²) in [6.07, 6.45) is 0. The number of hydrogen-bond donors (Lipinski definition) is 2. The Morgan fingerprint density at radius 1 is 1.05 bits per heavy atom. The van der Waals surface area contributed by atoms with Crippen LogP contribution in [0.4, 0.5) is 10.1 Å². The minimum Gasteiger partial charge on any atom is -0.506 e. The van der Waals surface area contributed by atoms with Crippen LogP contribution in [0.15, 0.2) is 41.3 Å². The van der Waals surface area contributed by atoms with Crippen molar-refractivity contribution >= 4 is 38.9 Å². The second kappa shape index (κ2) is 5.47. The molecule has 8 heteroatoms. The highest BCUT2D eigenvalue weighted by molar-refractivity contribution is 7.92. The van der Waals surface area contributed by atoms with Crippen LogP contribution in [0.1, 0.15) is 0 Å². The Kier molecular flexibility index (Phi) is 4.08. The van der Waals surface area contributed by atoms with Gasteiger partial charge in [0.15, 0.2) is 0 Å². The molecule has 0 amide bonds. The molecule has 0 aliphatic heterocycles. The van der Waals surface area contributed by atoms with Crippen LogP contribution in [0.5, 0.6) is 5.75 Å². The number of phenolic OH excluding ortho intramolecular Hbond substituents is 1. The predicted molar refractivity (Wildman–Crippen MR) is 75.3 cm³/mol. The lowest BCUT2D eigenvalue weighted by molar-refractivity contribution is 0.475. The molecule has 0 spiro atoms. The van der Waals surface area contributed by atoms with E-state index in [9.17, 15) is 17.9 Å². The van der Waals surface area contributed by atoms with Crippen LogP contribution in [-0.2, 0) is 10.0 Å². The lowest BCUT2D eigenvalue weighted by Gasteiger charge is -2.10. The van der Waals surface area contributed by atoms with Crippen molar-refractivity contribution in [3.8, 4) is 5.75 Å². The van der Waals surface area contributed by atoms with Gasteiger partial charge in [0.25, 0.3) is 10.0 Å². The molecule has 0 heterocycles. The molecule has 2 aromatic rings. The van der Waals surface area contributed by atoms with Gasteiger partial charge in [0.1, 0.15) is 11.6 Å².